The van der Waals surface area contributed by atoms with Gasteiger partial charge in [0.15, 0.2) is 5.82 Å². The molecule has 1 saturated heterocycles. The highest BCUT2D eigenvalue weighted by molar-refractivity contribution is 6.39. The maximum absolute atomic E-state index is 15.7. The quantitative estimate of drug-likeness (QED) is 0.360. The van der Waals surface area contributed by atoms with E-state index < -0.39 is 11.4 Å². The van der Waals surface area contributed by atoms with Crippen molar-refractivity contribution in [3.05, 3.63) is 45.5 Å². The van der Waals surface area contributed by atoms with Crippen molar-refractivity contribution in [1.82, 2.24) is 19.4 Å². The van der Waals surface area contributed by atoms with E-state index in [1.165, 1.54) is 6.20 Å². The lowest BCUT2D eigenvalue weighted by atomic mass is 9.98. The fourth-order valence-corrected chi connectivity index (χ4v) is 4.88. The minimum Gasteiger partial charge on any atom is -0.444 e. The number of hydrogen-bond acceptors (Lipinski definition) is 4. The number of nitrogens with zero attached hydrogens (tertiary/aromatic N) is 4. The maximum Gasteiger partial charge on any atom is 0.410 e. The summed E-state index contributed by atoms with van der Waals surface area (Å²) in [5, 5.41) is 0.884. The summed E-state index contributed by atoms with van der Waals surface area (Å²) in [5.41, 5.74) is 0.387. The molecule has 0 bridgehead atoms. The van der Waals surface area contributed by atoms with Crippen molar-refractivity contribution < 1.29 is 13.9 Å². The summed E-state index contributed by atoms with van der Waals surface area (Å²) in [6.45, 7) is 7.00. The molecule has 1 aliphatic heterocycles. The topological polar surface area (TPSA) is 60.2 Å². The zero-order valence-electron chi connectivity index (χ0n) is 18.5. The molecule has 4 rings (SSSR count). The van der Waals surface area contributed by atoms with Gasteiger partial charge in [-0.1, -0.05) is 29.3 Å². The van der Waals surface area contributed by atoms with Crippen LogP contribution in [0, 0.1) is 11.7 Å². The van der Waals surface area contributed by atoms with E-state index in [0.29, 0.717) is 40.9 Å². The van der Waals surface area contributed by atoms with Gasteiger partial charge in [-0.05, 0) is 63.3 Å². The van der Waals surface area contributed by atoms with Gasteiger partial charge >= 0.3 is 6.09 Å². The first-order valence-electron chi connectivity index (χ1n) is 10.7. The molecule has 0 aliphatic carbocycles. The predicted molar refractivity (Wildman–Crippen MR) is 128 cm³/mol. The molecule has 0 spiro atoms. The Labute approximate surface area is 206 Å². The highest BCUT2D eigenvalue weighted by Gasteiger charge is 2.30. The van der Waals surface area contributed by atoms with Gasteiger partial charge in [0.25, 0.3) is 0 Å². The highest BCUT2D eigenvalue weighted by Crippen LogP contribution is 2.40. The van der Waals surface area contributed by atoms with E-state index in [4.69, 9.17) is 39.5 Å². The molecule has 2 aromatic heterocycles. The Morgan fingerprint density at radius 3 is 2.61 bits per heavy atom. The van der Waals surface area contributed by atoms with E-state index in [1.807, 2.05) is 20.8 Å². The number of amides is 1. The van der Waals surface area contributed by atoms with Crippen molar-refractivity contribution in [3.63, 3.8) is 0 Å². The number of benzene rings is 1. The molecule has 1 aromatic carbocycles. The van der Waals surface area contributed by atoms with Crippen LogP contribution in [0.25, 0.3) is 22.3 Å². The number of fused-ring (bicyclic) bond motifs is 1. The highest BCUT2D eigenvalue weighted by atomic mass is 35.5. The normalized spacial score (nSPS) is 16.9. The standard InChI is InChI=1S/C23H24Cl3FN4O2/c1-23(2,3)33-22(32)30-9-5-6-13(11-30)12-31-19(17-15(24)7-4-8-16(17)25)18(27)14-10-28-21(26)29-20(14)31/h4,7-8,10,13H,5-6,9,11-12H2,1-3H3/t13-/m1/s1. The first kappa shape index (κ1) is 24.0. The summed E-state index contributed by atoms with van der Waals surface area (Å²) in [5.74, 6) is -0.480. The van der Waals surface area contributed by atoms with Gasteiger partial charge in [-0.25, -0.2) is 14.2 Å². The van der Waals surface area contributed by atoms with Crippen LogP contribution in [0.15, 0.2) is 24.4 Å². The van der Waals surface area contributed by atoms with Crippen LogP contribution in [0.2, 0.25) is 15.3 Å². The molecule has 3 heterocycles. The Morgan fingerprint density at radius 1 is 1.24 bits per heavy atom. The number of carbonyl (C=O) groups excluding carboxylic acids is 1. The first-order valence-corrected chi connectivity index (χ1v) is 11.8. The molecule has 1 atom stereocenters. The van der Waals surface area contributed by atoms with Crippen LogP contribution in [-0.4, -0.2) is 44.2 Å². The Hall–Kier alpha value is -2.09. The van der Waals surface area contributed by atoms with Crippen molar-refractivity contribution in [2.24, 2.45) is 5.92 Å². The van der Waals surface area contributed by atoms with Crippen molar-refractivity contribution in [2.75, 3.05) is 13.1 Å². The fraction of sp³-hybridized carbons (Fsp3) is 0.435. The van der Waals surface area contributed by atoms with Crippen LogP contribution >= 0.6 is 34.8 Å². The number of rotatable bonds is 3. The van der Waals surface area contributed by atoms with Gasteiger partial charge in [-0.2, -0.15) is 4.98 Å². The number of ether oxygens (including phenoxy) is 1. The van der Waals surface area contributed by atoms with E-state index in [9.17, 15) is 4.79 Å². The summed E-state index contributed by atoms with van der Waals surface area (Å²) in [6.07, 6.45) is 2.67. The van der Waals surface area contributed by atoms with E-state index in [-0.39, 0.29) is 28.4 Å². The zero-order valence-corrected chi connectivity index (χ0v) is 20.8. The summed E-state index contributed by atoms with van der Waals surface area (Å²) < 4.78 is 22.9. The number of piperidine rings is 1. The van der Waals surface area contributed by atoms with Crippen LogP contribution < -0.4 is 0 Å². The van der Waals surface area contributed by atoms with Gasteiger partial charge in [0.05, 0.1) is 21.1 Å². The second kappa shape index (κ2) is 9.28. The van der Waals surface area contributed by atoms with Gasteiger partial charge in [-0.3, -0.25) is 0 Å². The molecule has 1 fully saturated rings. The molecule has 0 saturated carbocycles. The molecule has 0 unspecified atom stereocenters. The predicted octanol–water partition coefficient (Wildman–Crippen LogP) is 6.84. The number of halogens is 4. The third kappa shape index (κ3) is 5.05. The maximum atomic E-state index is 15.7. The van der Waals surface area contributed by atoms with Gasteiger partial charge < -0.3 is 14.2 Å². The Balaban J connectivity index is 1.74. The number of hydrogen-bond donors (Lipinski definition) is 0. The summed E-state index contributed by atoms with van der Waals surface area (Å²) in [4.78, 5) is 22.6. The van der Waals surface area contributed by atoms with Gasteiger partial charge in [-0.15, -0.1) is 0 Å². The monoisotopic (exact) mass is 512 g/mol. The summed E-state index contributed by atoms with van der Waals surface area (Å²) >= 11 is 18.9. The third-order valence-corrected chi connectivity index (χ3v) is 6.33. The van der Waals surface area contributed by atoms with E-state index in [0.717, 1.165) is 12.8 Å². The van der Waals surface area contributed by atoms with Crippen molar-refractivity contribution in [3.8, 4) is 11.3 Å². The van der Waals surface area contributed by atoms with E-state index in [2.05, 4.69) is 9.97 Å². The van der Waals surface area contributed by atoms with Crippen molar-refractivity contribution in [2.45, 2.75) is 45.8 Å². The number of likely N-dealkylation sites (tertiary alicyclic amines) is 1. The average Bonchev–Trinajstić information content (AvgIpc) is 2.98. The van der Waals surface area contributed by atoms with Crippen LogP contribution in [0.4, 0.5) is 9.18 Å². The lowest BCUT2D eigenvalue weighted by Gasteiger charge is -2.34. The molecular weight excluding hydrogens is 490 g/mol. The Morgan fingerprint density at radius 2 is 1.94 bits per heavy atom. The van der Waals surface area contributed by atoms with Crippen molar-refractivity contribution in [1.29, 1.82) is 0 Å². The van der Waals surface area contributed by atoms with E-state index >= 15 is 4.39 Å². The molecule has 176 valence electrons. The second-order valence-corrected chi connectivity index (χ2v) is 10.3. The van der Waals surface area contributed by atoms with Crippen molar-refractivity contribution >= 4 is 51.9 Å². The second-order valence-electron chi connectivity index (χ2n) is 9.18. The Kier molecular flexibility index (Phi) is 6.76. The minimum atomic E-state index is -0.578. The third-order valence-electron chi connectivity index (χ3n) is 5.52. The first-order chi connectivity index (χ1) is 15.5. The van der Waals surface area contributed by atoms with Crippen LogP contribution in [0.1, 0.15) is 33.6 Å². The number of aromatic nitrogens is 3. The molecular formula is C23H24Cl3FN4O2. The average molecular weight is 514 g/mol. The largest absolute Gasteiger partial charge is 0.444 e. The van der Waals surface area contributed by atoms with Gasteiger partial charge in [0.1, 0.15) is 11.2 Å². The fourth-order valence-electron chi connectivity index (χ4n) is 4.18. The van der Waals surface area contributed by atoms with Crippen LogP contribution in [-0.2, 0) is 11.3 Å². The van der Waals surface area contributed by atoms with Gasteiger partial charge in [0, 0.05) is 31.4 Å². The number of carbonyl (C=O) groups is 1. The lowest BCUT2D eigenvalue weighted by Crippen LogP contribution is -2.43. The molecule has 3 aromatic rings. The SMILES string of the molecule is CC(C)(C)OC(=O)N1CCC[C@@H](Cn2c(-c3c(Cl)cccc3Cl)c(F)c3cnc(Cl)nc32)C1. The van der Waals surface area contributed by atoms with Gasteiger partial charge in [0.2, 0.25) is 5.28 Å². The summed E-state index contributed by atoms with van der Waals surface area (Å²) in [6, 6.07) is 5.02. The smallest absolute Gasteiger partial charge is 0.410 e. The molecule has 0 N–H and O–H groups in total. The minimum absolute atomic E-state index is 0.0112. The molecule has 1 aliphatic rings. The summed E-state index contributed by atoms with van der Waals surface area (Å²) in [7, 11) is 0. The van der Waals surface area contributed by atoms with E-state index in [1.54, 1.807) is 27.7 Å². The Bertz CT molecular complexity index is 1190. The molecule has 10 heteroatoms. The molecule has 1 amide bonds. The lowest BCUT2D eigenvalue weighted by molar-refractivity contribution is 0.0158. The molecule has 6 nitrogen and oxygen atoms in total. The van der Waals surface area contributed by atoms with Crippen LogP contribution in [0.3, 0.4) is 0 Å². The van der Waals surface area contributed by atoms with Crippen LogP contribution in [0.5, 0.6) is 0 Å². The molecule has 33 heavy (non-hydrogen) atoms. The zero-order chi connectivity index (χ0) is 23.9. The molecule has 0 radical (unpaired) electrons.